The molecule has 5 N–H and O–H groups in total. The van der Waals surface area contributed by atoms with Crippen LogP contribution < -0.4 is 0 Å². The van der Waals surface area contributed by atoms with Crippen LogP contribution in [-0.2, 0) is 18.9 Å². The molecule has 2 rings (SSSR count). The maximum absolute atomic E-state index is 10.1. The third-order valence-electron chi connectivity index (χ3n) is 4.12. The molecule has 2 fully saturated rings. The summed E-state index contributed by atoms with van der Waals surface area (Å²) in [6.45, 7) is 3.08. The molecular formula is C13H24O9. The van der Waals surface area contributed by atoms with Crippen LogP contribution in [0.25, 0.3) is 0 Å². The molecule has 0 radical (unpaired) electrons. The van der Waals surface area contributed by atoms with Crippen molar-refractivity contribution in [1.29, 1.82) is 0 Å². The van der Waals surface area contributed by atoms with Gasteiger partial charge in [0, 0.05) is 7.11 Å². The predicted octanol–water partition coefficient (Wildman–Crippen LogP) is -2.69. The number of ether oxygens (including phenoxy) is 4. The van der Waals surface area contributed by atoms with Crippen molar-refractivity contribution in [3.63, 3.8) is 0 Å². The van der Waals surface area contributed by atoms with Crippen molar-refractivity contribution in [2.75, 3.05) is 7.11 Å². The molecule has 0 unspecified atom stereocenters. The van der Waals surface area contributed by atoms with Crippen LogP contribution in [0.2, 0.25) is 0 Å². The first-order chi connectivity index (χ1) is 10.3. The molecule has 10 atom stereocenters. The van der Waals surface area contributed by atoms with Crippen molar-refractivity contribution in [2.24, 2.45) is 0 Å². The highest BCUT2D eigenvalue weighted by Crippen LogP contribution is 2.29. The minimum absolute atomic E-state index is 0.664. The van der Waals surface area contributed by atoms with Gasteiger partial charge in [-0.25, -0.2) is 0 Å². The van der Waals surface area contributed by atoms with Gasteiger partial charge in [-0.2, -0.15) is 0 Å². The zero-order valence-corrected chi connectivity index (χ0v) is 12.6. The van der Waals surface area contributed by atoms with Gasteiger partial charge in [-0.05, 0) is 13.8 Å². The van der Waals surface area contributed by atoms with Gasteiger partial charge in [-0.3, -0.25) is 0 Å². The standard InChI is InChI=1S/C13H24O9/c1-4-6(14)8(16)10(18)12(20-4)22-11-9(17)7(15)5(2)21-13(11)19-3/h4-18H,1-3H3/t4-,5-,6-,7-,8+,9+,10+,11+,12-,13+/m1/s1. The van der Waals surface area contributed by atoms with Crippen LogP contribution in [0.4, 0.5) is 0 Å². The van der Waals surface area contributed by atoms with Crippen LogP contribution >= 0.6 is 0 Å². The fraction of sp³-hybridized carbons (Fsp3) is 1.00. The number of methoxy groups -OCH3 is 1. The van der Waals surface area contributed by atoms with Crippen molar-refractivity contribution in [1.82, 2.24) is 0 Å². The summed E-state index contributed by atoms with van der Waals surface area (Å²) in [5, 5.41) is 49.3. The highest BCUT2D eigenvalue weighted by atomic mass is 16.7. The maximum atomic E-state index is 10.1. The monoisotopic (exact) mass is 324 g/mol. The first kappa shape index (κ1) is 18.0. The molecular weight excluding hydrogens is 300 g/mol. The van der Waals surface area contributed by atoms with Crippen molar-refractivity contribution < 1.29 is 44.5 Å². The van der Waals surface area contributed by atoms with Gasteiger partial charge in [-0.15, -0.1) is 0 Å². The number of hydrogen-bond acceptors (Lipinski definition) is 9. The predicted molar refractivity (Wildman–Crippen MR) is 70.6 cm³/mol. The fourth-order valence-corrected chi connectivity index (χ4v) is 2.62. The normalized spacial score (nSPS) is 53.5. The average molecular weight is 324 g/mol. The zero-order chi connectivity index (χ0) is 16.6. The Labute approximate surface area is 128 Å². The van der Waals surface area contributed by atoms with Gasteiger partial charge in [0.1, 0.15) is 36.6 Å². The molecule has 2 saturated heterocycles. The van der Waals surface area contributed by atoms with Gasteiger partial charge in [0.05, 0.1) is 12.2 Å². The Kier molecular flexibility index (Phi) is 5.75. The van der Waals surface area contributed by atoms with Crippen molar-refractivity contribution in [2.45, 2.75) is 75.3 Å². The Bertz CT molecular complexity index is 365. The summed E-state index contributed by atoms with van der Waals surface area (Å²) in [7, 11) is 1.34. The van der Waals surface area contributed by atoms with E-state index in [-0.39, 0.29) is 0 Å². The molecule has 130 valence electrons. The van der Waals surface area contributed by atoms with Crippen LogP contribution in [0.1, 0.15) is 13.8 Å². The molecule has 0 aromatic heterocycles. The Balaban J connectivity index is 2.10. The van der Waals surface area contributed by atoms with E-state index in [4.69, 9.17) is 18.9 Å². The van der Waals surface area contributed by atoms with Gasteiger partial charge in [-0.1, -0.05) is 0 Å². The fourth-order valence-electron chi connectivity index (χ4n) is 2.62. The molecule has 0 aliphatic carbocycles. The summed E-state index contributed by atoms with van der Waals surface area (Å²) in [4.78, 5) is 0. The summed E-state index contributed by atoms with van der Waals surface area (Å²) in [6.07, 6.45) is -11.6. The SMILES string of the molecule is CO[C@H]1O[C@H](C)[C@@H](O)[C@H](O)[C@@H]1O[C@H]1O[C@H](C)[C@@H](O)[C@H](O)[C@@H]1O. The molecule has 9 heteroatoms. The molecule has 2 aliphatic heterocycles. The van der Waals surface area contributed by atoms with Crippen molar-refractivity contribution >= 4 is 0 Å². The van der Waals surface area contributed by atoms with Gasteiger partial charge >= 0.3 is 0 Å². The molecule has 9 nitrogen and oxygen atoms in total. The molecule has 0 bridgehead atoms. The summed E-state index contributed by atoms with van der Waals surface area (Å²) in [6, 6.07) is 0. The molecule has 22 heavy (non-hydrogen) atoms. The lowest BCUT2D eigenvalue weighted by atomic mass is 9.98. The molecule has 0 aromatic rings. The highest BCUT2D eigenvalue weighted by molar-refractivity contribution is 4.92. The van der Waals surface area contributed by atoms with E-state index < -0.39 is 61.4 Å². The van der Waals surface area contributed by atoms with Crippen LogP contribution in [0, 0.1) is 0 Å². The van der Waals surface area contributed by atoms with E-state index in [0.717, 1.165) is 0 Å². The quantitative estimate of drug-likeness (QED) is 0.376. The smallest absolute Gasteiger partial charge is 0.187 e. The van der Waals surface area contributed by atoms with Gasteiger partial charge in [0.25, 0.3) is 0 Å². The second-order valence-corrected chi connectivity index (χ2v) is 5.71. The maximum Gasteiger partial charge on any atom is 0.187 e. The number of aliphatic hydroxyl groups is 5. The first-order valence-corrected chi connectivity index (χ1v) is 7.17. The molecule has 0 saturated carbocycles. The lowest BCUT2D eigenvalue weighted by Crippen LogP contribution is -2.63. The minimum Gasteiger partial charge on any atom is -0.388 e. The van der Waals surface area contributed by atoms with E-state index in [1.807, 2.05) is 0 Å². The molecule has 0 amide bonds. The molecule has 2 aliphatic rings. The third-order valence-corrected chi connectivity index (χ3v) is 4.12. The topological polar surface area (TPSA) is 138 Å². The highest BCUT2D eigenvalue weighted by Gasteiger charge is 2.49. The van der Waals surface area contributed by atoms with E-state index in [9.17, 15) is 25.5 Å². The van der Waals surface area contributed by atoms with E-state index in [0.29, 0.717) is 0 Å². The zero-order valence-electron chi connectivity index (χ0n) is 12.6. The Morgan fingerprint density at radius 3 is 1.73 bits per heavy atom. The second kappa shape index (κ2) is 7.04. The Morgan fingerprint density at radius 1 is 0.682 bits per heavy atom. The van der Waals surface area contributed by atoms with E-state index in [1.165, 1.54) is 14.0 Å². The first-order valence-electron chi connectivity index (χ1n) is 7.17. The molecule has 0 aromatic carbocycles. The Hall–Kier alpha value is -0.360. The van der Waals surface area contributed by atoms with Crippen LogP contribution in [0.3, 0.4) is 0 Å². The van der Waals surface area contributed by atoms with Crippen LogP contribution in [-0.4, -0.2) is 94.1 Å². The molecule has 0 spiro atoms. The van der Waals surface area contributed by atoms with Crippen molar-refractivity contribution in [3.05, 3.63) is 0 Å². The van der Waals surface area contributed by atoms with Gasteiger partial charge in [0.15, 0.2) is 12.6 Å². The summed E-state index contributed by atoms with van der Waals surface area (Å²) in [5.41, 5.74) is 0. The number of rotatable bonds is 3. The summed E-state index contributed by atoms with van der Waals surface area (Å²) < 4.78 is 21.2. The lowest BCUT2D eigenvalue weighted by molar-refractivity contribution is -0.359. The second-order valence-electron chi connectivity index (χ2n) is 5.71. The minimum atomic E-state index is -1.52. The van der Waals surface area contributed by atoms with Gasteiger partial charge < -0.3 is 44.5 Å². The van der Waals surface area contributed by atoms with E-state index in [1.54, 1.807) is 6.92 Å². The molecule has 2 heterocycles. The summed E-state index contributed by atoms with van der Waals surface area (Å²) in [5.74, 6) is 0. The van der Waals surface area contributed by atoms with E-state index in [2.05, 4.69) is 0 Å². The van der Waals surface area contributed by atoms with E-state index >= 15 is 0 Å². The number of aliphatic hydroxyl groups excluding tert-OH is 5. The van der Waals surface area contributed by atoms with Crippen LogP contribution in [0.15, 0.2) is 0 Å². The Morgan fingerprint density at radius 2 is 1.18 bits per heavy atom. The average Bonchev–Trinajstić information content (AvgIpc) is 2.50. The van der Waals surface area contributed by atoms with Crippen molar-refractivity contribution in [3.8, 4) is 0 Å². The third kappa shape index (κ3) is 3.28. The summed E-state index contributed by atoms with van der Waals surface area (Å²) >= 11 is 0. The largest absolute Gasteiger partial charge is 0.388 e. The van der Waals surface area contributed by atoms with Gasteiger partial charge in [0.2, 0.25) is 0 Å². The number of hydrogen-bond donors (Lipinski definition) is 5. The van der Waals surface area contributed by atoms with Crippen LogP contribution in [0.5, 0.6) is 0 Å². The lowest BCUT2D eigenvalue weighted by Gasteiger charge is -2.45.